The predicted octanol–water partition coefficient (Wildman–Crippen LogP) is 1.94. The molecule has 1 saturated carbocycles. The maximum absolute atomic E-state index is 12.6. The van der Waals surface area contributed by atoms with Crippen LogP contribution in [0, 0.1) is 23.2 Å². The molecule has 5 heteroatoms. The van der Waals surface area contributed by atoms with Gasteiger partial charge in [0.15, 0.2) is 0 Å². The average Bonchev–Trinajstić information content (AvgIpc) is 3.43. The first-order chi connectivity index (χ1) is 11.2. The molecule has 1 aromatic rings. The van der Waals surface area contributed by atoms with Crippen LogP contribution < -0.4 is 5.32 Å². The first-order valence-corrected chi connectivity index (χ1v) is 8.24. The number of nitrogens with one attached hydrogen (secondary N) is 1. The van der Waals surface area contributed by atoms with Gasteiger partial charge in [0.25, 0.3) is 5.91 Å². The molecule has 0 unspecified atom stereocenters. The third-order valence-corrected chi connectivity index (χ3v) is 4.58. The summed E-state index contributed by atoms with van der Waals surface area (Å²) in [6.45, 7) is 1.90. The fourth-order valence-electron chi connectivity index (χ4n) is 2.99. The summed E-state index contributed by atoms with van der Waals surface area (Å²) >= 11 is 0. The lowest BCUT2D eigenvalue weighted by Gasteiger charge is -2.32. The van der Waals surface area contributed by atoms with Gasteiger partial charge in [-0.3, -0.25) is 9.59 Å². The van der Waals surface area contributed by atoms with Crippen molar-refractivity contribution in [1.82, 2.24) is 10.2 Å². The van der Waals surface area contributed by atoms with Crippen LogP contribution in [-0.4, -0.2) is 36.3 Å². The molecule has 0 radical (unpaired) electrons. The van der Waals surface area contributed by atoms with Crippen LogP contribution in [-0.2, 0) is 4.79 Å². The number of hydrogen-bond acceptors (Lipinski definition) is 3. The summed E-state index contributed by atoms with van der Waals surface area (Å²) in [7, 11) is 0. The lowest BCUT2D eigenvalue weighted by atomic mass is 9.96. The monoisotopic (exact) mass is 311 g/mol. The summed E-state index contributed by atoms with van der Waals surface area (Å²) in [5.74, 6) is 0.515. The predicted molar refractivity (Wildman–Crippen MR) is 85.5 cm³/mol. The minimum Gasteiger partial charge on any atom is -0.356 e. The highest BCUT2D eigenvalue weighted by atomic mass is 16.2. The number of benzene rings is 1. The van der Waals surface area contributed by atoms with E-state index in [-0.39, 0.29) is 17.7 Å². The number of carbonyl (C=O) groups excluding carboxylic acids is 2. The zero-order valence-electron chi connectivity index (χ0n) is 13.1. The van der Waals surface area contributed by atoms with Gasteiger partial charge in [-0.15, -0.1) is 0 Å². The van der Waals surface area contributed by atoms with Gasteiger partial charge >= 0.3 is 0 Å². The molecule has 1 saturated heterocycles. The Labute approximate surface area is 136 Å². The maximum atomic E-state index is 12.6. The number of rotatable bonds is 4. The Bertz CT molecular complexity index is 646. The Balaban J connectivity index is 1.61. The van der Waals surface area contributed by atoms with Gasteiger partial charge in [0.1, 0.15) is 0 Å². The smallest absolute Gasteiger partial charge is 0.253 e. The van der Waals surface area contributed by atoms with E-state index in [0.29, 0.717) is 30.1 Å². The zero-order chi connectivity index (χ0) is 16.2. The fourth-order valence-corrected chi connectivity index (χ4v) is 2.99. The van der Waals surface area contributed by atoms with E-state index in [2.05, 4.69) is 11.4 Å². The maximum Gasteiger partial charge on any atom is 0.253 e. The van der Waals surface area contributed by atoms with E-state index in [4.69, 9.17) is 5.26 Å². The highest BCUT2D eigenvalue weighted by molar-refractivity contribution is 5.95. The molecule has 1 aliphatic heterocycles. The van der Waals surface area contributed by atoms with Crippen molar-refractivity contribution >= 4 is 11.8 Å². The molecule has 120 valence electrons. The second kappa shape index (κ2) is 6.82. The fraction of sp³-hybridized carbons (Fsp3) is 0.500. The number of piperidine rings is 1. The molecule has 3 rings (SSSR count). The van der Waals surface area contributed by atoms with Crippen LogP contribution in [0.4, 0.5) is 0 Å². The minimum atomic E-state index is -0.120. The normalized spacial score (nSPS) is 20.7. The molecule has 1 atom stereocenters. The van der Waals surface area contributed by atoms with Crippen molar-refractivity contribution < 1.29 is 9.59 Å². The molecular weight excluding hydrogens is 290 g/mol. The van der Waals surface area contributed by atoms with E-state index in [1.54, 1.807) is 29.2 Å². The third kappa shape index (κ3) is 3.89. The van der Waals surface area contributed by atoms with Gasteiger partial charge in [-0.25, -0.2) is 0 Å². The van der Waals surface area contributed by atoms with Crippen molar-refractivity contribution in [2.75, 3.05) is 19.6 Å². The van der Waals surface area contributed by atoms with Gasteiger partial charge < -0.3 is 10.2 Å². The Morgan fingerprint density at radius 1 is 1.30 bits per heavy atom. The molecule has 0 aromatic heterocycles. The molecule has 2 aliphatic rings. The molecule has 1 aliphatic carbocycles. The molecule has 2 fully saturated rings. The van der Waals surface area contributed by atoms with Crippen molar-refractivity contribution in [3.63, 3.8) is 0 Å². The van der Waals surface area contributed by atoms with Crippen molar-refractivity contribution in [2.45, 2.75) is 25.7 Å². The van der Waals surface area contributed by atoms with Crippen LogP contribution in [0.15, 0.2) is 24.3 Å². The van der Waals surface area contributed by atoms with Crippen LogP contribution >= 0.6 is 0 Å². The SMILES string of the molecule is N#Cc1cccc(C(=O)N2CCC[C@H](C(=O)NCC3CC3)C2)c1. The number of nitriles is 1. The summed E-state index contributed by atoms with van der Waals surface area (Å²) in [6.07, 6.45) is 4.10. The van der Waals surface area contributed by atoms with Crippen LogP contribution in [0.1, 0.15) is 41.6 Å². The first kappa shape index (κ1) is 15.5. The summed E-state index contributed by atoms with van der Waals surface area (Å²) in [5, 5.41) is 12.0. The minimum absolute atomic E-state index is 0.0696. The summed E-state index contributed by atoms with van der Waals surface area (Å²) in [4.78, 5) is 26.6. The zero-order valence-corrected chi connectivity index (χ0v) is 13.1. The third-order valence-electron chi connectivity index (χ3n) is 4.58. The summed E-state index contributed by atoms with van der Waals surface area (Å²) in [5.41, 5.74) is 0.995. The summed E-state index contributed by atoms with van der Waals surface area (Å²) < 4.78 is 0. The number of likely N-dealkylation sites (tertiary alicyclic amines) is 1. The van der Waals surface area contributed by atoms with E-state index in [1.165, 1.54) is 12.8 Å². The van der Waals surface area contributed by atoms with Crippen molar-refractivity contribution in [3.8, 4) is 6.07 Å². The van der Waals surface area contributed by atoms with Crippen molar-refractivity contribution in [3.05, 3.63) is 35.4 Å². The van der Waals surface area contributed by atoms with E-state index in [9.17, 15) is 9.59 Å². The largest absolute Gasteiger partial charge is 0.356 e. The number of amides is 2. The molecule has 5 nitrogen and oxygen atoms in total. The van der Waals surface area contributed by atoms with Crippen LogP contribution in [0.5, 0.6) is 0 Å². The molecular formula is C18H21N3O2. The van der Waals surface area contributed by atoms with Crippen LogP contribution in [0.25, 0.3) is 0 Å². The Kier molecular flexibility index (Phi) is 4.61. The van der Waals surface area contributed by atoms with E-state index >= 15 is 0 Å². The second-order valence-electron chi connectivity index (χ2n) is 6.47. The van der Waals surface area contributed by atoms with Gasteiger partial charge in [0, 0.05) is 25.2 Å². The van der Waals surface area contributed by atoms with Gasteiger partial charge in [0.2, 0.25) is 5.91 Å². The van der Waals surface area contributed by atoms with E-state index in [1.807, 2.05) is 0 Å². The highest BCUT2D eigenvalue weighted by Gasteiger charge is 2.30. The topological polar surface area (TPSA) is 73.2 Å². The molecule has 1 N–H and O–H groups in total. The van der Waals surface area contributed by atoms with E-state index < -0.39 is 0 Å². The molecule has 1 aromatic carbocycles. The lowest BCUT2D eigenvalue weighted by molar-refractivity contribution is -0.126. The van der Waals surface area contributed by atoms with E-state index in [0.717, 1.165) is 19.4 Å². The Hall–Kier alpha value is -2.35. The summed E-state index contributed by atoms with van der Waals surface area (Å²) in [6, 6.07) is 8.78. The van der Waals surface area contributed by atoms with Crippen LogP contribution in [0.3, 0.4) is 0 Å². The van der Waals surface area contributed by atoms with Gasteiger partial charge in [-0.1, -0.05) is 6.07 Å². The number of nitrogens with zero attached hydrogens (tertiary/aromatic N) is 2. The van der Waals surface area contributed by atoms with Crippen LogP contribution in [0.2, 0.25) is 0 Å². The Morgan fingerprint density at radius 3 is 2.87 bits per heavy atom. The molecule has 2 amide bonds. The quantitative estimate of drug-likeness (QED) is 0.923. The standard InChI is InChI=1S/C18H21N3O2/c19-10-14-3-1-4-15(9-14)18(23)21-8-2-5-16(12-21)17(22)20-11-13-6-7-13/h1,3-4,9,13,16H,2,5-8,11-12H2,(H,20,22)/t16-/m0/s1. The Morgan fingerprint density at radius 2 is 2.13 bits per heavy atom. The van der Waals surface area contributed by atoms with Crippen molar-refractivity contribution in [1.29, 1.82) is 5.26 Å². The van der Waals surface area contributed by atoms with Gasteiger partial charge in [-0.05, 0) is 49.8 Å². The number of carbonyl (C=O) groups is 2. The molecule has 1 heterocycles. The van der Waals surface area contributed by atoms with Gasteiger partial charge in [-0.2, -0.15) is 5.26 Å². The highest BCUT2D eigenvalue weighted by Crippen LogP contribution is 2.28. The lowest BCUT2D eigenvalue weighted by Crippen LogP contribution is -2.45. The number of hydrogen-bond donors (Lipinski definition) is 1. The molecule has 0 spiro atoms. The first-order valence-electron chi connectivity index (χ1n) is 8.24. The molecule has 23 heavy (non-hydrogen) atoms. The molecule has 0 bridgehead atoms. The van der Waals surface area contributed by atoms with Crippen molar-refractivity contribution in [2.24, 2.45) is 11.8 Å². The second-order valence-corrected chi connectivity index (χ2v) is 6.47. The average molecular weight is 311 g/mol. The van der Waals surface area contributed by atoms with Gasteiger partial charge in [0.05, 0.1) is 17.6 Å².